The van der Waals surface area contributed by atoms with Crippen molar-refractivity contribution in [2.75, 3.05) is 6.61 Å². The van der Waals surface area contributed by atoms with Crippen molar-refractivity contribution in [2.24, 2.45) is 0 Å². The van der Waals surface area contributed by atoms with Crippen LogP contribution in [0.4, 0.5) is 0 Å². The van der Waals surface area contributed by atoms with Gasteiger partial charge in [-0.2, -0.15) is 0 Å². The van der Waals surface area contributed by atoms with Crippen LogP contribution >= 0.6 is 0 Å². The average Bonchev–Trinajstić information content (AvgIpc) is 2.24. The van der Waals surface area contributed by atoms with Crippen LogP contribution in [-0.2, 0) is 4.74 Å². The Labute approximate surface area is 101 Å². The van der Waals surface area contributed by atoms with Gasteiger partial charge in [-0.25, -0.2) is 14.8 Å². The highest BCUT2D eigenvalue weighted by Crippen LogP contribution is 2.20. The summed E-state index contributed by atoms with van der Waals surface area (Å²) in [6.07, 6.45) is 0.597. The minimum atomic E-state index is -0.990. The van der Waals surface area contributed by atoms with E-state index in [2.05, 4.69) is 9.97 Å². The van der Waals surface area contributed by atoms with Gasteiger partial charge in [-0.3, -0.25) is 0 Å². The van der Waals surface area contributed by atoms with E-state index < -0.39 is 5.97 Å². The predicted octanol–water partition coefficient (Wildman–Crippen LogP) is 2.28. The van der Waals surface area contributed by atoms with Gasteiger partial charge in [0.25, 0.3) is 0 Å². The van der Waals surface area contributed by atoms with E-state index in [0.29, 0.717) is 23.8 Å². The van der Waals surface area contributed by atoms with E-state index in [1.807, 2.05) is 13.8 Å². The van der Waals surface area contributed by atoms with E-state index in [4.69, 9.17) is 9.84 Å². The number of aromatic carboxylic acids is 1. The Morgan fingerprint density at radius 1 is 1.29 bits per heavy atom. The SMILES string of the molecule is CCOC(CC)c1nc(C)c(C(=O)O)c(C)n1. The summed E-state index contributed by atoms with van der Waals surface area (Å²) in [5, 5.41) is 9.03. The second-order valence-corrected chi connectivity index (χ2v) is 3.79. The number of rotatable bonds is 5. The monoisotopic (exact) mass is 238 g/mol. The van der Waals surface area contributed by atoms with Crippen LogP contribution in [0, 0.1) is 13.8 Å². The fraction of sp³-hybridized carbons (Fsp3) is 0.583. The number of carboxylic acid groups (broad SMARTS) is 1. The van der Waals surface area contributed by atoms with Crippen molar-refractivity contribution >= 4 is 5.97 Å². The molecular weight excluding hydrogens is 220 g/mol. The van der Waals surface area contributed by atoms with Gasteiger partial charge in [0.2, 0.25) is 0 Å². The summed E-state index contributed by atoms with van der Waals surface area (Å²) in [7, 11) is 0. The Bertz CT molecular complexity index is 395. The van der Waals surface area contributed by atoms with E-state index in [1.165, 1.54) is 0 Å². The normalized spacial score (nSPS) is 12.5. The van der Waals surface area contributed by atoms with Gasteiger partial charge >= 0.3 is 5.97 Å². The highest BCUT2D eigenvalue weighted by Gasteiger charge is 2.19. The first-order valence-corrected chi connectivity index (χ1v) is 5.71. The largest absolute Gasteiger partial charge is 0.478 e. The van der Waals surface area contributed by atoms with Crippen molar-refractivity contribution in [3.8, 4) is 0 Å². The standard InChI is InChI=1S/C12H18N2O3/c1-5-9(17-6-2)11-13-7(3)10(12(15)16)8(4)14-11/h9H,5-6H2,1-4H3,(H,15,16). The van der Waals surface area contributed by atoms with Crippen molar-refractivity contribution in [2.45, 2.75) is 40.2 Å². The number of aryl methyl sites for hydroxylation is 2. The smallest absolute Gasteiger partial charge is 0.339 e. The molecule has 1 unspecified atom stereocenters. The van der Waals surface area contributed by atoms with E-state index in [-0.39, 0.29) is 11.7 Å². The quantitative estimate of drug-likeness (QED) is 0.852. The first-order valence-electron chi connectivity index (χ1n) is 5.71. The lowest BCUT2D eigenvalue weighted by molar-refractivity contribution is 0.0529. The second-order valence-electron chi connectivity index (χ2n) is 3.79. The number of aromatic nitrogens is 2. The summed E-state index contributed by atoms with van der Waals surface area (Å²) >= 11 is 0. The molecule has 1 aromatic heterocycles. The molecule has 1 aromatic rings. The zero-order chi connectivity index (χ0) is 13.0. The Kier molecular flexibility index (Phi) is 4.57. The lowest BCUT2D eigenvalue weighted by Gasteiger charge is -2.15. The number of ether oxygens (including phenoxy) is 1. The van der Waals surface area contributed by atoms with Gasteiger partial charge in [-0.15, -0.1) is 0 Å². The molecule has 0 fully saturated rings. The number of hydrogen-bond donors (Lipinski definition) is 1. The van der Waals surface area contributed by atoms with Crippen LogP contribution in [0.1, 0.15) is 53.9 Å². The number of nitrogens with zero attached hydrogens (tertiary/aromatic N) is 2. The third kappa shape index (κ3) is 3.00. The van der Waals surface area contributed by atoms with Gasteiger partial charge in [-0.1, -0.05) is 6.92 Å². The van der Waals surface area contributed by atoms with E-state index >= 15 is 0 Å². The molecule has 0 saturated carbocycles. The fourth-order valence-electron chi connectivity index (χ4n) is 1.77. The maximum atomic E-state index is 11.0. The first kappa shape index (κ1) is 13.6. The second kappa shape index (κ2) is 5.72. The van der Waals surface area contributed by atoms with Crippen molar-refractivity contribution in [3.05, 3.63) is 22.8 Å². The summed E-state index contributed by atoms with van der Waals surface area (Å²) < 4.78 is 5.52. The molecule has 1 atom stereocenters. The van der Waals surface area contributed by atoms with Crippen molar-refractivity contribution in [3.63, 3.8) is 0 Å². The Morgan fingerprint density at radius 3 is 2.18 bits per heavy atom. The van der Waals surface area contributed by atoms with Crippen LogP contribution < -0.4 is 0 Å². The van der Waals surface area contributed by atoms with Crippen molar-refractivity contribution in [1.82, 2.24) is 9.97 Å². The molecule has 0 radical (unpaired) electrons. The molecule has 1 rings (SSSR count). The molecular formula is C12H18N2O3. The summed E-state index contributed by atoms with van der Waals surface area (Å²) in [5.41, 5.74) is 1.15. The molecule has 0 aromatic carbocycles. The molecule has 0 spiro atoms. The highest BCUT2D eigenvalue weighted by molar-refractivity contribution is 5.89. The third-order valence-electron chi connectivity index (χ3n) is 2.53. The summed E-state index contributed by atoms with van der Waals surface area (Å²) in [6, 6.07) is 0. The molecule has 94 valence electrons. The van der Waals surface area contributed by atoms with Gasteiger partial charge in [0.15, 0.2) is 5.82 Å². The molecule has 1 heterocycles. The minimum absolute atomic E-state index is 0.166. The average molecular weight is 238 g/mol. The van der Waals surface area contributed by atoms with Crippen LogP contribution in [0.3, 0.4) is 0 Å². The minimum Gasteiger partial charge on any atom is -0.478 e. The van der Waals surface area contributed by atoms with Gasteiger partial charge in [-0.05, 0) is 27.2 Å². The number of carbonyl (C=O) groups is 1. The maximum absolute atomic E-state index is 11.0. The van der Waals surface area contributed by atoms with Crippen LogP contribution in [-0.4, -0.2) is 27.7 Å². The van der Waals surface area contributed by atoms with Gasteiger partial charge in [0.1, 0.15) is 11.7 Å². The van der Waals surface area contributed by atoms with Crippen molar-refractivity contribution < 1.29 is 14.6 Å². The lowest BCUT2D eigenvalue weighted by atomic mass is 10.1. The van der Waals surface area contributed by atoms with E-state index in [9.17, 15) is 4.79 Å². The van der Waals surface area contributed by atoms with E-state index in [1.54, 1.807) is 13.8 Å². The fourth-order valence-corrected chi connectivity index (χ4v) is 1.77. The molecule has 0 aliphatic heterocycles. The Hall–Kier alpha value is -1.49. The maximum Gasteiger partial charge on any atom is 0.339 e. The van der Waals surface area contributed by atoms with Crippen LogP contribution in [0.25, 0.3) is 0 Å². The Morgan fingerprint density at radius 2 is 1.82 bits per heavy atom. The third-order valence-corrected chi connectivity index (χ3v) is 2.53. The highest BCUT2D eigenvalue weighted by atomic mass is 16.5. The molecule has 5 nitrogen and oxygen atoms in total. The van der Waals surface area contributed by atoms with Crippen LogP contribution in [0.15, 0.2) is 0 Å². The summed E-state index contributed by atoms with van der Waals surface area (Å²) in [6.45, 7) is 7.84. The predicted molar refractivity (Wildman–Crippen MR) is 63.1 cm³/mol. The molecule has 17 heavy (non-hydrogen) atoms. The number of hydrogen-bond acceptors (Lipinski definition) is 4. The summed E-state index contributed by atoms with van der Waals surface area (Å²) in [4.78, 5) is 19.5. The number of carboxylic acids is 1. The topological polar surface area (TPSA) is 72.3 Å². The molecule has 0 amide bonds. The summed E-state index contributed by atoms with van der Waals surface area (Å²) in [5.74, 6) is -0.426. The molecule has 0 bridgehead atoms. The molecule has 5 heteroatoms. The Balaban J connectivity index is 3.17. The van der Waals surface area contributed by atoms with Crippen LogP contribution in [0.5, 0.6) is 0 Å². The zero-order valence-corrected chi connectivity index (χ0v) is 10.6. The first-order chi connectivity index (χ1) is 8.01. The molecule has 0 aliphatic rings. The van der Waals surface area contributed by atoms with Gasteiger partial charge in [0.05, 0.1) is 11.4 Å². The zero-order valence-electron chi connectivity index (χ0n) is 10.6. The van der Waals surface area contributed by atoms with Gasteiger partial charge < -0.3 is 9.84 Å². The van der Waals surface area contributed by atoms with E-state index in [0.717, 1.165) is 6.42 Å². The van der Waals surface area contributed by atoms with Crippen LogP contribution in [0.2, 0.25) is 0 Å². The van der Waals surface area contributed by atoms with Gasteiger partial charge in [0, 0.05) is 6.61 Å². The van der Waals surface area contributed by atoms with Crippen molar-refractivity contribution in [1.29, 1.82) is 0 Å². The molecule has 0 saturated heterocycles. The lowest BCUT2D eigenvalue weighted by Crippen LogP contribution is -2.14. The molecule has 0 aliphatic carbocycles. The molecule has 1 N–H and O–H groups in total.